The average molecular weight is 341 g/mol. The summed E-state index contributed by atoms with van der Waals surface area (Å²) in [6.07, 6.45) is -3.18. The summed E-state index contributed by atoms with van der Waals surface area (Å²) in [6.45, 7) is 5.12. The van der Waals surface area contributed by atoms with Crippen molar-refractivity contribution in [3.05, 3.63) is 48.3 Å². The smallest absolute Gasteiger partial charge is 0.415 e. The number of hydrogen-bond donors (Lipinski definition) is 1. The number of anilines is 1. The van der Waals surface area contributed by atoms with Crippen LogP contribution in [0.4, 0.5) is 23.7 Å². The maximum atomic E-state index is 13.4. The molecule has 0 bridgehead atoms. The Morgan fingerprint density at radius 3 is 2.17 bits per heavy atom. The summed E-state index contributed by atoms with van der Waals surface area (Å²) >= 11 is 0. The Morgan fingerprint density at radius 1 is 1.21 bits per heavy atom. The van der Waals surface area contributed by atoms with Crippen molar-refractivity contribution in [2.75, 3.05) is 4.90 Å². The van der Waals surface area contributed by atoms with E-state index in [4.69, 9.17) is 0 Å². The predicted molar refractivity (Wildman–Crippen MR) is 83.1 cm³/mol. The number of benzene rings is 1. The van der Waals surface area contributed by atoms with Gasteiger partial charge in [0.15, 0.2) is 6.04 Å². The largest absolute Gasteiger partial charge is 0.465 e. The topological polar surface area (TPSA) is 58.4 Å². The van der Waals surface area contributed by atoms with Gasteiger partial charge in [-0.05, 0) is 44.5 Å². The first-order chi connectivity index (χ1) is 11.0. The maximum absolute atomic E-state index is 13.4. The minimum atomic E-state index is -4.52. The van der Waals surface area contributed by atoms with Gasteiger partial charge in [0.05, 0.1) is 0 Å². The van der Waals surface area contributed by atoms with Crippen molar-refractivity contribution in [2.24, 2.45) is 0 Å². The van der Waals surface area contributed by atoms with E-state index >= 15 is 0 Å². The summed E-state index contributed by atoms with van der Waals surface area (Å²) < 4.78 is 41.0. The van der Waals surface area contributed by atoms with Gasteiger partial charge >= 0.3 is 12.3 Å². The lowest BCUT2D eigenvalue weighted by Gasteiger charge is -2.33. The van der Waals surface area contributed by atoms with Crippen molar-refractivity contribution >= 4 is 11.8 Å². The monoisotopic (exact) mass is 341 g/mol. The highest BCUT2D eigenvalue weighted by Gasteiger charge is 2.42. The van der Waals surface area contributed by atoms with Gasteiger partial charge in [0.25, 0.3) is 0 Å². The van der Waals surface area contributed by atoms with Gasteiger partial charge in [-0.15, -0.1) is 0 Å². The number of alkyl halides is 3. The van der Waals surface area contributed by atoms with Gasteiger partial charge in [0, 0.05) is 23.6 Å². The fourth-order valence-electron chi connectivity index (χ4n) is 2.52. The summed E-state index contributed by atoms with van der Waals surface area (Å²) in [5.74, 6) is 0. The molecule has 0 saturated heterocycles. The lowest BCUT2D eigenvalue weighted by atomic mass is 10.0. The normalized spacial score (nSPS) is 13.6. The van der Waals surface area contributed by atoms with Crippen molar-refractivity contribution in [1.82, 2.24) is 9.78 Å². The number of carbonyl (C=O) groups is 1. The van der Waals surface area contributed by atoms with Crippen molar-refractivity contribution < 1.29 is 23.1 Å². The number of rotatable bonds is 3. The zero-order chi connectivity index (χ0) is 18.1. The summed E-state index contributed by atoms with van der Waals surface area (Å²) in [4.78, 5) is 12.5. The molecule has 1 N–H and O–H groups in total. The third-order valence-corrected chi connectivity index (χ3v) is 3.43. The molecular formula is C16H18F3N3O2. The third kappa shape index (κ3) is 3.69. The van der Waals surface area contributed by atoms with Crippen molar-refractivity contribution in [3.8, 4) is 0 Å². The molecule has 0 radical (unpaired) electrons. The fourth-order valence-corrected chi connectivity index (χ4v) is 2.52. The second kappa shape index (κ2) is 6.18. The van der Waals surface area contributed by atoms with E-state index in [2.05, 4.69) is 5.10 Å². The van der Waals surface area contributed by atoms with E-state index in [9.17, 15) is 23.1 Å². The molecule has 2 aromatic rings. The highest BCUT2D eigenvalue weighted by molar-refractivity contribution is 5.87. The van der Waals surface area contributed by atoms with Gasteiger partial charge in [0.2, 0.25) is 0 Å². The van der Waals surface area contributed by atoms with Gasteiger partial charge < -0.3 is 5.11 Å². The minimum Gasteiger partial charge on any atom is -0.465 e. The SMILES string of the molecule is CC(C)(C)N(C(=O)O)c1ccc(C(n2cccn2)C(F)(F)F)cc1. The molecule has 1 unspecified atom stereocenters. The highest BCUT2D eigenvalue weighted by Crippen LogP contribution is 2.36. The van der Waals surface area contributed by atoms with Crippen LogP contribution in [0.25, 0.3) is 0 Å². The summed E-state index contributed by atoms with van der Waals surface area (Å²) in [6, 6.07) is 4.79. The molecule has 1 amide bonds. The van der Waals surface area contributed by atoms with Crippen molar-refractivity contribution in [3.63, 3.8) is 0 Å². The van der Waals surface area contributed by atoms with Gasteiger partial charge in [0.1, 0.15) is 0 Å². The first-order valence-corrected chi connectivity index (χ1v) is 7.21. The van der Waals surface area contributed by atoms with Gasteiger partial charge in [-0.25, -0.2) is 4.79 Å². The van der Waals surface area contributed by atoms with Crippen LogP contribution in [0, 0.1) is 0 Å². The molecule has 0 aliphatic heterocycles. The summed E-state index contributed by atoms with van der Waals surface area (Å²) in [5.41, 5.74) is -0.437. The fraction of sp³-hybridized carbons (Fsp3) is 0.375. The molecule has 24 heavy (non-hydrogen) atoms. The molecule has 1 aromatic heterocycles. The zero-order valence-electron chi connectivity index (χ0n) is 13.4. The van der Waals surface area contributed by atoms with E-state index in [0.29, 0.717) is 5.69 Å². The van der Waals surface area contributed by atoms with Crippen LogP contribution in [-0.4, -0.2) is 32.7 Å². The van der Waals surface area contributed by atoms with E-state index in [1.54, 1.807) is 20.8 Å². The Hall–Kier alpha value is -2.51. The highest BCUT2D eigenvalue weighted by atomic mass is 19.4. The van der Waals surface area contributed by atoms with Crippen LogP contribution in [0.5, 0.6) is 0 Å². The molecule has 0 aliphatic rings. The summed E-state index contributed by atoms with van der Waals surface area (Å²) in [7, 11) is 0. The van der Waals surface area contributed by atoms with Gasteiger partial charge in [-0.2, -0.15) is 18.3 Å². The lowest BCUT2D eigenvalue weighted by molar-refractivity contribution is -0.159. The number of hydrogen-bond acceptors (Lipinski definition) is 2. The van der Waals surface area contributed by atoms with Crippen molar-refractivity contribution in [2.45, 2.75) is 38.5 Å². The molecule has 0 aliphatic carbocycles. The van der Waals surface area contributed by atoms with E-state index in [1.165, 1.54) is 42.7 Å². The Kier molecular flexibility index (Phi) is 4.59. The Morgan fingerprint density at radius 2 is 1.79 bits per heavy atom. The Balaban J connectivity index is 2.42. The van der Waals surface area contributed by atoms with E-state index < -0.39 is 23.9 Å². The van der Waals surface area contributed by atoms with Crippen LogP contribution in [0.15, 0.2) is 42.7 Å². The van der Waals surface area contributed by atoms with Crippen LogP contribution in [0.2, 0.25) is 0 Å². The standard InChI is InChI=1S/C16H18F3N3O2/c1-15(2,3)22(14(23)24)12-7-5-11(6-8-12)13(16(17,18)19)21-10-4-9-20-21/h4-10,13H,1-3H3,(H,23,24). The molecule has 0 saturated carbocycles. The minimum absolute atomic E-state index is 0.0193. The third-order valence-electron chi connectivity index (χ3n) is 3.43. The van der Waals surface area contributed by atoms with Crippen LogP contribution in [0.1, 0.15) is 32.4 Å². The average Bonchev–Trinajstić information content (AvgIpc) is 2.91. The second-order valence-electron chi connectivity index (χ2n) is 6.31. The number of aromatic nitrogens is 2. The molecule has 8 heteroatoms. The molecular weight excluding hydrogens is 323 g/mol. The molecule has 0 spiro atoms. The van der Waals surface area contributed by atoms with Crippen molar-refractivity contribution in [1.29, 1.82) is 0 Å². The van der Waals surface area contributed by atoms with Crippen LogP contribution in [-0.2, 0) is 0 Å². The molecule has 0 fully saturated rings. The van der Waals surface area contributed by atoms with E-state index in [1.807, 2.05) is 0 Å². The van der Waals surface area contributed by atoms with Crippen LogP contribution >= 0.6 is 0 Å². The molecule has 130 valence electrons. The first-order valence-electron chi connectivity index (χ1n) is 7.21. The van der Waals surface area contributed by atoms with Crippen LogP contribution in [0.3, 0.4) is 0 Å². The number of amides is 1. The number of carboxylic acid groups (broad SMARTS) is 1. The molecule has 5 nitrogen and oxygen atoms in total. The summed E-state index contributed by atoms with van der Waals surface area (Å²) in [5, 5.41) is 13.0. The van der Waals surface area contributed by atoms with Gasteiger partial charge in [-0.1, -0.05) is 12.1 Å². The van der Waals surface area contributed by atoms with Gasteiger partial charge in [-0.3, -0.25) is 9.58 Å². The Bertz CT molecular complexity index is 689. The maximum Gasteiger partial charge on any atom is 0.415 e. The molecule has 1 heterocycles. The quantitative estimate of drug-likeness (QED) is 0.904. The first kappa shape index (κ1) is 17.8. The van der Waals surface area contributed by atoms with E-state index in [0.717, 1.165) is 9.58 Å². The zero-order valence-corrected chi connectivity index (χ0v) is 13.4. The molecule has 1 aromatic carbocycles. The lowest BCUT2D eigenvalue weighted by Crippen LogP contribution is -2.45. The number of nitrogens with zero attached hydrogens (tertiary/aromatic N) is 3. The van der Waals surface area contributed by atoms with Crippen LogP contribution < -0.4 is 4.90 Å². The number of halogens is 3. The second-order valence-corrected chi connectivity index (χ2v) is 6.31. The predicted octanol–water partition coefficient (Wildman–Crippen LogP) is 4.32. The molecule has 1 atom stereocenters. The Labute approximate surface area is 137 Å². The van der Waals surface area contributed by atoms with E-state index in [-0.39, 0.29) is 5.56 Å². The molecule has 2 rings (SSSR count).